The average Bonchev–Trinajstić information content (AvgIpc) is 3.53. The van der Waals surface area contributed by atoms with Crippen LogP contribution in [-0.2, 0) is 13.6 Å². The van der Waals surface area contributed by atoms with Crippen LogP contribution in [0.4, 0.5) is 0 Å². The van der Waals surface area contributed by atoms with Gasteiger partial charge in [-0.1, -0.05) is 114 Å². The van der Waals surface area contributed by atoms with Gasteiger partial charge in [0.05, 0.1) is 6.61 Å². The van der Waals surface area contributed by atoms with Crippen molar-refractivity contribution in [2.45, 2.75) is 83.3 Å². The second-order valence-electron chi connectivity index (χ2n) is 11.7. The molecule has 0 aromatic heterocycles. The summed E-state index contributed by atoms with van der Waals surface area (Å²) >= 11 is 0. The van der Waals surface area contributed by atoms with Crippen LogP contribution in [0.5, 0.6) is 0 Å². The fourth-order valence-corrected chi connectivity index (χ4v) is 9.67. The lowest BCUT2D eigenvalue weighted by atomic mass is 10.2. The summed E-state index contributed by atoms with van der Waals surface area (Å²) in [6.45, 7) is 19.5. The Bertz CT molecular complexity index is 940. The van der Waals surface area contributed by atoms with Gasteiger partial charge >= 0.3 is 0 Å². The summed E-state index contributed by atoms with van der Waals surface area (Å²) in [6, 6.07) is 21.5. The van der Waals surface area contributed by atoms with E-state index in [2.05, 4.69) is 127 Å². The van der Waals surface area contributed by atoms with E-state index in [9.17, 15) is 0 Å². The Morgan fingerprint density at radius 3 is 1.79 bits per heavy atom. The minimum absolute atomic E-state index is 0.00219. The van der Waals surface area contributed by atoms with Gasteiger partial charge in [0.25, 0.3) is 8.32 Å². The Balaban J connectivity index is 1.64. The number of ether oxygens (including phenoxy) is 1. The van der Waals surface area contributed by atoms with E-state index in [4.69, 9.17) is 13.6 Å². The molecule has 184 valence electrons. The Hall–Kier alpha value is -1.69. The Kier molecular flexibility index (Phi) is 8.32. The molecule has 0 radical (unpaired) electrons. The van der Waals surface area contributed by atoms with Crippen LogP contribution in [-0.4, -0.2) is 42.1 Å². The molecule has 0 saturated carbocycles. The van der Waals surface area contributed by atoms with Gasteiger partial charge in [0.2, 0.25) is 0 Å². The molecule has 2 aromatic rings. The third-order valence-electron chi connectivity index (χ3n) is 7.20. The topological polar surface area (TPSA) is 31.0 Å². The molecule has 0 N–H and O–H groups in total. The van der Waals surface area contributed by atoms with E-state index < -0.39 is 16.6 Å². The zero-order chi connectivity index (χ0) is 25.0. The molecule has 0 spiro atoms. The maximum atomic E-state index is 6.90. The summed E-state index contributed by atoms with van der Waals surface area (Å²) < 4.78 is 18.9. The largest absolute Gasteiger partial charge is 0.414 e. The van der Waals surface area contributed by atoms with Crippen molar-refractivity contribution in [3.05, 3.63) is 60.7 Å². The summed E-state index contributed by atoms with van der Waals surface area (Å²) in [6.07, 6.45) is 0.803. The van der Waals surface area contributed by atoms with Gasteiger partial charge in [0.15, 0.2) is 8.32 Å². The summed E-state index contributed by atoms with van der Waals surface area (Å²) in [7, 11) is -4.24. The van der Waals surface area contributed by atoms with Crippen LogP contribution in [0.3, 0.4) is 0 Å². The summed E-state index contributed by atoms with van der Waals surface area (Å²) in [5.41, 5.74) is 0. The van der Waals surface area contributed by atoms with Crippen molar-refractivity contribution in [1.82, 2.24) is 0 Å². The first-order chi connectivity index (χ1) is 15.9. The first-order valence-electron chi connectivity index (χ1n) is 12.4. The van der Waals surface area contributed by atoms with Crippen LogP contribution < -0.4 is 10.4 Å². The molecule has 0 aliphatic carbocycles. The molecule has 2 aromatic carbocycles. The highest BCUT2D eigenvalue weighted by Crippen LogP contribution is 2.38. The molecular formula is C29H42O3Si2. The van der Waals surface area contributed by atoms with Crippen LogP contribution in [0.25, 0.3) is 0 Å². The molecule has 34 heavy (non-hydrogen) atoms. The molecule has 3 nitrogen and oxygen atoms in total. The van der Waals surface area contributed by atoms with Gasteiger partial charge in [-0.2, -0.15) is 0 Å². The van der Waals surface area contributed by atoms with E-state index >= 15 is 0 Å². The van der Waals surface area contributed by atoms with E-state index in [1.165, 1.54) is 10.4 Å². The molecule has 0 amide bonds. The van der Waals surface area contributed by atoms with Crippen LogP contribution in [0.15, 0.2) is 60.7 Å². The van der Waals surface area contributed by atoms with E-state index in [1.54, 1.807) is 0 Å². The van der Waals surface area contributed by atoms with Crippen molar-refractivity contribution < 1.29 is 13.6 Å². The van der Waals surface area contributed by atoms with Crippen molar-refractivity contribution in [3.63, 3.8) is 0 Å². The van der Waals surface area contributed by atoms with Crippen LogP contribution in [0.1, 0.15) is 48.0 Å². The summed E-state index contributed by atoms with van der Waals surface area (Å²) in [5, 5.41) is 2.79. The minimum atomic E-state index is -2.49. The highest BCUT2D eigenvalue weighted by molar-refractivity contribution is 6.99. The molecule has 0 bridgehead atoms. The lowest BCUT2D eigenvalue weighted by Gasteiger charge is -2.43. The third kappa shape index (κ3) is 6.11. The first kappa shape index (κ1) is 26.9. The maximum Gasteiger partial charge on any atom is 0.261 e. The lowest BCUT2D eigenvalue weighted by Crippen LogP contribution is -2.66. The second kappa shape index (κ2) is 10.5. The second-order valence-corrected chi connectivity index (χ2v) is 20.9. The molecule has 0 unspecified atom stereocenters. The van der Waals surface area contributed by atoms with E-state index in [-0.39, 0.29) is 22.3 Å². The molecule has 2 atom stereocenters. The van der Waals surface area contributed by atoms with Gasteiger partial charge in [-0.05, 0) is 33.5 Å². The SMILES string of the molecule is CC(C)(C)[Si](C)(C)OC[C@H]1O[C@H]1C#CCCO[Si](c1ccccc1)(c1ccccc1)C(C)(C)C. The number of rotatable bonds is 8. The Morgan fingerprint density at radius 1 is 0.794 bits per heavy atom. The smallest absolute Gasteiger partial charge is 0.261 e. The van der Waals surface area contributed by atoms with Crippen LogP contribution in [0, 0.1) is 11.8 Å². The molecule has 1 aliphatic heterocycles. The molecule has 1 fully saturated rings. The zero-order valence-electron chi connectivity index (χ0n) is 22.3. The van der Waals surface area contributed by atoms with Gasteiger partial charge in [-0.25, -0.2) is 0 Å². The molecule has 3 rings (SSSR count). The number of epoxide rings is 1. The number of hydrogen-bond donors (Lipinski definition) is 0. The highest BCUT2D eigenvalue weighted by Gasteiger charge is 2.50. The maximum absolute atomic E-state index is 6.90. The number of hydrogen-bond acceptors (Lipinski definition) is 3. The molecule has 5 heteroatoms. The summed E-state index contributed by atoms with van der Waals surface area (Å²) in [5.74, 6) is 6.59. The van der Waals surface area contributed by atoms with Gasteiger partial charge in [0, 0.05) is 13.0 Å². The van der Waals surface area contributed by atoms with E-state index in [0.717, 1.165) is 0 Å². The van der Waals surface area contributed by atoms with Crippen LogP contribution in [0.2, 0.25) is 23.2 Å². The molecule has 1 heterocycles. The van der Waals surface area contributed by atoms with E-state index in [0.29, 0.717) is 19.6 Å². The quantitative estimate of drug-likeness (QED) is 0.203. The molecular weight excluding hydrogens is 452 g/mol. The van der Waals surface area contributed by atoms with Gasteiger partial charge in [-0.3, -0.25) is 0 Å². The van der Waals surface area contributed by atoms with E-state index in [1.807, 2.05) is 0 Å². The van der Waals surface area contributed by atoms with Crippen molar-refractivity contribution >= 4 is 27.0 Å². The van der Waals surface area contributed by atoms with Crippen molar-refractivity contribution in [3.8, 4) is 11.8 Å². The zero-order valence-corrected chi connectivity index (χ0v) is 24.3. The Morgan fingerprint density at radius 2 is 1.32 bits per heavy atom. The normalized spacial score (nSPS) is 18.8. The standard InChI is InChI=1S/C29H42O3Si2/c1-28(2,3)33(7,8)31-23-27-26(32-27)21-15-16-22-30-34(29(4,5)6,24-17-11-9-12-18-24)25-19-13-10-14-20-25/h9-14,17-20,26-27H,16,22-23H2,1-8H3/t26-,27+/m0/s1. The predicted octanol–water partition coefficient (Wildman–Crippen LogP) is 5.75. The van der Waals surface area contributed by atoms with Crippen molar-refractivity contribution in [1.29, 1.82) is 0 Å². The number of benzene rings is 2. The first-order valence-corrected chi connectivity index (χ1v) is 17.2. The molecule has 1 aliphatic rings. The van der Waals surface area contributed by atoms with Gasteiger partial charge in [0.1, 0.15) is 12.2 Å². The van der Waals surface area contributed by atoms with Gasteiger partial charge in [-0.15, -0.1) is 0 Å². The molecule has 1 saturated heterocycles. The van der Waals surface area contributed by atoms with Gasteiger partial charge < -0.3 is 13.6 Å². The van der Waals surface area contributed by atoms with Crippen molar-refractivity contribution in [2.24, 2.45) is 0 Å². The monoisotopic (exact) mass is 494 g/mol. The summed E-state index contributed by atoms with van der Waals surface area (Å²) in [4.78, 5) is 0. The highest BCUT2D eigenvalue weighted by atomic mass is 28.4. The Labute approximate surface area is 209 Å². The predicted molar refractivity (Wildman–Crippen MR) is 148 cm³/mol. The average molecular weight is 495 g/mol. The van der Waals surface area contributed by atoms with Crippen molar-refractivity contribution in [2.75, 3.05) is 13.2 Å². The third-order valence-corrected chi connectivity index (χ3v) is 16.7. The lowest BCUT2D eigenvalue weighted by molar-refractivity contribution is 0.242. The fourth-order valence-electron chi connectivity index (χ4n) is 4.09. The fraction of sp³-hybridized carbons (Fsp3) is 0.517. The van der Waals surface area contributed by atoms with Crippen LogP contribution >= 0.6 is 0 Å². The minimum Gasteiger partial charge on any atom is -0.414 e.